The van der Waals surface area contributed by atoms with Crippen molar-refractivity contribution in [3.63, 3.8) is 0 Å². The first-order valence-electron chi connectivity index (χ1n) is 7.62. The molecule has 0 fully saturated rings. The molecule has 0 aromatic heterocycles. The zero-order valence-corrected chi connectivity index (χ0v) is 14.8. The molecule has 128 valence electrons. The van der Waals surface area contributed by atoms with Crippen molar-refractivity contribution in [1.82, 2.24) is 0 Å². The predicted molar refractivity (Wildman–Crippen MR) is 97.5 cm³/mol. The Morgan fingerprint density at radius 2 is 1.79 bits per heavy atom. The lowest BCUT2D eigenvalue weighted by molar-refractivity contribution is -0.118. The number of ether oxygens (including phenoxy) is 2. The molecule has 1 N–H and O–H groups in total. The predicted octanol–water partition coefficient (Wildman–Crippen LogP) is 3.82. The van der Waals surface area contributed by atoms with Gasteiger partial charge in [0.05, 0.1) is 18.0 Å². The summed E-state index contributed by atoms with van der Waals surface area (Å²) in [5.74, 6) is 0.879. The van der Waals surface area contributed by atoms with Gasteiger partial charge in [0.15, 0.2) is 18.1 Å². The summed E-state index contributed by atoms with van der Waals surface area (Å²) in [6.45, 7) is 2.30. The first-order valence-corrected chi connectivity index (χ1v) is 8.00. The van der Waals surface area contributed by atoms with Gasteiger partial charge in [0.1, 0.15) is 0 Å². The molecule has 0 bridgehead atoms. The smallest absolute Gasteiger partial charge is 0.262 e. The highest BCUT2D eigenvalue weighted by atomic mass is 35.5. The topological polar surface area (TPSA) is 50.8 Å². The van der Waals surface area contributed by atoms with E-state index in [9.17, 15) is 4.79 Å². The molecule has 5 nitrogen and oxygen atoms in total. The number of benzene rings is 2. The van der Waals surface area contributed by atoms with Gasteiger partial charge in [0.2, 0.25) is 0 Å². The number of amides is 1. The molecule has 0 atom stereocenters. The number of nitrogens with zero attached hydrogens (tertiary/aromatic N) is 1. The molecule has 2 aromatic carbocycles. The van der Waals surface area contributed by atoms with Gasteiger partial charge >= 0.3 is 0 Å². The Hall–Kier alpha value is -2.40. The van der Waals surface area contributed by atoms with Crippen LogP contribution in [0.25, 0.3) is 0 Å². The second kappa shape index (κ2) is 8.45. The van der Waals surface area contributed by atoms with Crippen LogP contribution in [0.15, 0.2) is 42.5 Å². The summed E-state index contributed by atoms with van der Waals surface area (Å²) in [5, 5.41) is 3.38. The van der Waals surface area contributed by atoms with Crippen LogP contribution in [-0.2, 0) is 4.79 Å². The van der Waals surface area contributed by atoms with Crippen molar-refractivity contribution in [2.24, 2.45) is 0 Å². The molecule has 2 rings (SSSR count). The number of hydrogen-bond acceptors (Lipinski definition) is 4. The molecule has 0 radical (unpaired) electrons. The zero-order chi connectivity index (χ0) is 17.5. The minimum atomic E-state index is -0.272. The maximum absolute atomic E-state index is 12.2. The van der Waals surface area contributed by atoms with Crippen LogP contribution < -0.4 is 19.7 Å². The van der Waals surface area contributed by atoms with E-state index in [-0.39, 0.29) is 12.5 Å². The molecule has 24 heavy (non-hydrogen) atoms. The molecule has 0 aliphatic rings. The second-order valence-electron chi connectivity index (χ2n) is 5.27. The van der Waals surface area contributed by atoms with Crippen LogP contribution >= 0.6 is 11.6 Å². The van der Waals surface area contributed by atoms with E-state index in [4.69, 9.17) is 21.1 Å². The molecule has 6 heteroatoms. The Kier molecular flexibility index (Phi) is 6.32. The lowest BCUT2D eigenvalue weighted by Gasteiger charge is -2.18. The number of carbonyl (C=O) groups is 1. The first kappa shape index (κ1) is 17.9. The summed E-state index contributed by atoms with van der Waals surface area (Å²) in [5.41, 5.74) is 1.50. The lowest BCUT2D eigenvalue weighted by atomic mass is 10.2. The van der Waals surface area contributed by atoms with Crippen molar-refractivity contribution < 1.29 is 14.3 Å². The molecular weight excluding hydrogens is 328 g/mol. The van der Waals surface area contributed by atoms with Crippen molar-refractivity contribution in [3.05, 3.63) is 47.5 Å². The van der Waals surface area contributed by atoms with E-state index in [1.807, 2.05) is 44.1 Å². The Morgan fingerprint density at radius 1 is 1.12 bits per heavy atom. The summed E-state index contributed by atoms with van der Waals surface area (Å²) >= 11 is 6.02. The van der Waals surface area contributed by atoms with Gasteiger partial charge in [0.25, 0.3) is 5.91 Å². The van der Waals surface area contributed by atoms with E-state index in [2.05, 4.69) is 5.32 Å². The molecule has 0 spiro atoms. The molecule has 0 saturated heterocycles. The van der Waals surface area contributed by atoms with Crippen LogP contribution in [0, 0.1) is 0 Å². The molecule has 1 amide bonds. The minimum Gasteiger partial charge on any atom is -0.490 e. The van der Waals surface area contributed by atoms with Gasteiger partial charge in [-0.1, -0.05) is 23.7 Å². The third-order valence-corrected chi connectivity index (χ3v) is 3.46. The van der Waals surface area contributed by atoms with E-state index in [1.54, 1.807) is 24.3 Å². The van der Waals surface area contributed by atoms with Gasteiger partial charge in [-0.15, -0.1) is 0 Å². The summed E-state index contributed by atoms with van der Waals surface area (Å²) in [7, 11) is 3.79. The van der Waals surface area contributed by atoms with Crippen LogP contribution in [-0.4, -0.2) is 33.2 Å². The fraction of sp³-hybridized carbons (Fsp3) is 0.278. The monoisotopic (exact) mass is 348 g/mol. The highest BCUT2D eigenvalue weighted by molar-refractivity contribution is 6.31. The van der Waals surface area contributed by atoms with Crippen LogP contribution in [0.1, 0.15) is 6.92 Å². The number of nitrogens with one attached hydrogen (secondary N) is 1. The largest absolute Gasteiger partial charge is 0.490 e. The third-order valence-electron chi connectivity index (χ3n) is 3.22. The molecule has 0 aliphatic heterocycles. The van der Waals surface area contributed by atoms with Crippen LogP contribution in [0.4, 0.5) is 11.4 Å². The van der Waals surface area contributed by atoms with Crippen molar-refractivity contribution >= 4 is 28.9 Å². The van der Waals surface area contributed by atoms with Crippen molar-refractivity contribution in [1.29, 1.82) is 0 Å². The van der Waals surface area contributed by atoms with Gasteiger partial charge in [0, 0.05) is 19.1 Å². The molecule has 0 heterocycles. The highest BCUT2D eigenvalue weighted by Crippen LogP contribution is 2.28. The highest BCUT2D eigenvalue weighted by Gasteiger charge is 2.11. The van der Waals surface area contributed by atoms with Crippen molar-refractivity contribution in [3.8, 4) is 11.5 Å². The standard InChI is InChI=1S/C18H21ClN2O3/c1-4-23-16-7-5-6-8-17(16)24-12-18(22)20-14-11-13(19)9-10-15(14)21(2)3/h5-11H,4,12H2,1-3H3,(H,20,22). The summed E-state index contributed by atoms with van der Waals surface area (Å²) in [4.78, 5) is 14.1. The van der Waals surface area contributed by atoms with E-state index in [0.717, 1.165) is 5.69 Å². The number of halogens is 1. The van der Waals surface area contributed by atoms with Crippen LogP contribution in [0.3, 0.4) is 0 Å². The van der Waals surface area contributed by atoms with E-state index in [1.165, 1.54) is 0 Å². The normalized spacial score (nSPS) is 10.2. The van der Waals surface area contributed by atoms with E-state index < -0.39 is 0 Å². The Balaban J connectivity index is 2.03. The average Bonchev–Trinajstić information content (AvgIpc) is 2.54. The van der Waals surface area contributed by atoms with Gasteiger partial charge < -0.3 is 19.7 Å². The van der Waals surface area contributed by atoms with Gasteiger partial charge in [-0.2, -0.15) is 0 Å². The fourth-order valence-corrected chi connectivity index (χ4v) is 2.34. The number of rotatable bonds is 7. The summed E-state index contributed by atoms with van der Waals surface area (Å²) in [6, 6.07) is 12.6. The molecular formula is C18H21ClN2O3. The number of anilines is 2. The number of carbonyl (C=O) groups excluding carboxylic acids is 1. The number of hydrogen-bond donors (Lipinski definition) is 1. The fourth-order valence-electron chi connectivity index (χ4n) is 2.17. The maximum atomic E-state index is 12.2. The molecule has 0 aliphatic carbocycles. The summed E-state index contributed by atoms with van der Waals surface area (Å²) < 4.78 is 11.0. The molecule has 0 unspecified atom stereocenters. The van der Waals surface area contributed by atoms with Crippen molar-refractivity contribution in [2.45, 2.75) is 6.92 Å². The zero-order valence-electron chi connectivity index (χ0n) is 14.0. The summed E-state index contributed by atoms with van der Waals surface area (Å²) in [6.07, 6.45) is 0. The van der Waals surface area contributed by atoms with Gasteiger partial charge in [-0.05, 0) is 37.3 Å². The van der Waals surface area contributed by atoms with E-state index >= 15 is 0 Å². The minimum absolute atomic E-state index is 0.122. The first-order chi connectivity index (χ1) is 11.5. The van der Waals surface area contributed by atoms with Gasteiger partial charge in [-0.25, -0.2) is 0 Å². The Morgan fingerprint density at radius 3 is 2.42 bits per heavy atom. The average molecular weight is 349 g/mol. The molecule has 0 saturated carbocycles. The molecule has 2 aromatic rings. The SMILES string of the molecule is CCOc1ccccc1OCC(=O)Nc1cc(Cl)ccc1N(C)C. The number of para-hydroxylation sites is 2. The Labute approximate surface area is 147 Å². The van der Waals surface area contributed by atoms with Crippen LogP contribution in [0.2, 0.25) is 5.02 Å². The van der Waals surface area contributed by atoms with Crippen LogP contribution in [0.5, 0.6) is 11.5 Å². The van der Waals surface area contributed by atoms with Gasteiger partial charge in [-0.3, -0.25) is 4.79 Å². The second-order valence-corrected chi connectivity index (χ2v) is 5.71. The third kappa shape index (κ3) is 4.80. The van der Waals surface area contributed by atoms with Crippen molar-refractivity contribution in [2.75, 3.05) is 37.5 Å². The lowest BCUT2D eigenvalue weighted by Crippen LogP contribution is -2.22. The quantitative estimate of drug-likeness (QED) is 0.826. The Bertz CT molecular complexity index is 704. The van der Waals surface area contributed by atoms with E-state index in [0.29, 0.717) is 28.8 Å². The maximum Gasteiger partial charge on any atom is 0.262 e.